The molecule has 0 aliphatic carbocycles. The predicted molar refractivity (Wildman–Crippen MR) is 15.9 cm³/mol. The molecule has 0 saturated carbocycles. The third kappa shape index (κ3) is 11.4. The zero-order valence-corrected chi connectivity index (χ0v) is 5.31. The molecule has 0 bridgehead atoms. The zero-order chi connectivity index (χ0) is 2.71. The summed E-state index contributed by atoms with van der Waals surface area (Å²) in [6.07, 6.45) is 1.75. The van der Waals surface area contributed by atoms with Gasteiger partial charge in [0.15, 0.2) is 0 Å². The Morgan fingerprint density at radius 2 is 1.75 bits per heavy atom. The van der Waals surface area contributed by atoms with Crippen LogP contribution in [-0.2, 0) is 0 Å². The average molecular weight is 192 g/mol. The molecule has 0 aliphatic heterocycles. The van der Waals surface area contributed by atoms with Gasteiger partial charge in [0, 0.05) is 40.4 Å². The molecule has 0 aromatic carbocycles. The third-order valence-electron chi connectivity index (χ3n) is 0. The van der Waals surface area contributed by atoms with E-state index in [9.17, 15) is 0 Å². The Bertz CT molecular complexity index is 10.8. The molecule has 0 aromatic rings. The van der Waals surface area contributed by atoms with Gasteiger partial charge >= 0.3 is 0 Å². The molecular formula is C3H6Sm. The van der Waals surface area contributed by atoms with Gasteiger partial charge in [-0.1, -0.05) is 6.08 Å². The van der Waals surface area contributed by atoms with E-state index in [2.05, 4.69) is 6.58 Å². The first kappa shape index (κ1) is 8.91. The Hall–Kier alpha value is 1.08. The van der Waals surface area contributed by atoms with Gasteiger partial charge in [-0.2, -0.15) is 0 Å². The molecule has 0 unspecified atom stereocenters. The second-order valence-electron chi connectivity index (χ2n) is 0.408. The molecule has 0 fully saturated rings. The quantitative estimate of drug-likeness (QED) is 0.506. The Morgan fingerprint density at radius 1 is 1.75 bits per heavy atom. The molecule has 0 rings (SSSR count). The van der Waals surface area contributed by atoms with Gasteiger partial charge in [-0.05, 0) is 6.92 Å². The molecular weight excluding hydrogens is 186 g/mol. The fraction of sp³-hybridized carbons (Fsp3) is 0.333. The zero-order valence-electron chi connectivity index (χ0n) is 2.69. The van der Waals surface area contributed by atoms with Gasteiger partial charge < -0.3 is 0 Å². The van der Waals surface area contributed by atoms with Crippen molar-refractivity contribution in [3.05, 3.63) is 12.7 Å². The van der Waals surface area contributed by atoms with E-state index in [1.165, 1.54) is 0 Å². The van der Waals surface area contributed by atoms with Gasteiger partial charge in [0.05, 0.1) is 0 Å². The second-order valence-corrected chi connectivity index (χ2v) is 0.408. The second kappa shape index (κ2) is 8.95. The average Bonchev–Trinajstić information content (AvgIpc) is 0.918. The molecule has 0 saturated heterocycles. The Kier molecular flexibility index (Phi) is 19.9. The number of rotatable bonds is 0. The van der Waals surface area contributed by atoms with Gasteiger partial charge in [0.1, 0.15) is 0 Å². The summed E-state index contributed by atoms with van der Waals surface area (Å²) in [5.41, 5.74) is 0. The molecule has 0 amide bonds. The van der Waals surface area contributed by atoms with Crippen LogP contribution in [0.5, 0.6) is 0 Å². The minimum absolute atomic E-state index is 0. The molecule has 0 aliphatic rings. The summed E-state index contributed by atoms with van der Waals surface area (Å²) in [7, 11) is 0. The Morgan fingerprint density at radius 3 is 1.75 bits per heavy atom. The molecule has 0 radical (unpaired) electrons. The first-order chi connectivity index (χ1) is 1.41. The smallest absolute Gasteiger partial charge is 0 e. The molecule has 0 spiro atoms. The van der Waals surface area contributed by atoms with Gasteiger partial charge in [0.2, 0.25) is 0 Å². The summed E-state index contributed by atoms with van der Waals surface area (Å²) in [6.45, 7) is 5.25. The van der Waals surface area contributed by atoms with Crippen molar-refractivity contribution in [2.45, 2.75) is 6.92 Å². The van der Waals surface area contributed by atoms with E-state index in [0.29, 0.717) is 0 Å². The van der Waals surface area contributed by atoms with Crippen LogP contribution < -0.4 is 0 Å². The summed E-state index contributed by atoms with van der Waals surface area (Å²) in [6, 6.07) is 0. The Labute approximate surface area is 59.4 Å². The van der Waals surface area contributed by atoms with Gasteiger partial charge in [-0.25, -0.2) is 0 Å². The topological polar surface area (TPSA) is 0 Å². The molecule has 0 atom stereocenters. The summed E-state index contributed by atoms with van der Waals surface area (Å²) in [5.74, 6) is 0. The van der Waals surface area contributed by atoms with Crippen molar-refractivity contribution < 1.29 is 40.4 Å². The molecule has 0 nitrogen and oxygen atoms in total. The summed E-state index contributed by atoms with van der Waals surface area (Å²) < 4.78 is 0. The van der Waals surface area contributed by atoms with Crippen LogP contribution >= 0.6 is 0 Å². The normalized spacial score (nSPS) is 3.25. The first-order valence-corrected chi connectivity index (χ1v) is 0.986. The van der Waals surface area contributed by atoms with Crippen molar-refractivity contribution >= 4 is 0 Å². The summed E-state index contributed by atoms with van der Waals surface area (Å²) in [5, 5.41) is 0. The number of hydrogen-bond acceptors (Lipinski definition) is 0. The van der Waals surface area contributed by atoms with E-state index in [1.807, 2.05) is 6.92 Å². The van der Waals surface area contributed by atoms with Crippen molar-refractivity contribution in [2.24, 2.45) is 0 Å². The van der Waals surface area contributed by atoms with Crippen LogP contribution in [-0.4, -0.2) is 0 Å². The fourth-order valence-electron chi connectivity index (χ4n) is 0. The SMILES string of the molecule is C=CC.[Sm]. The maximum Gasteiger partial charge on any atom is 0 e. The minimum atomic E-state index is 0. The van der Waals surface area contributed by atoms with Gasteiger partial charge in [-0.15, -0.1) is 6.58 Å². The van der Waals surface area contributed by atoms with Crippen molar-refractivity contribution in [3.63, 3.8) is 0 Å². The molecule has 1 heteroatoms. The van der Waals surface area contributed by atoms with Crippen molar-refractivity contribution in [1.29, 1.82) is 0 Å². The molecule has 0 aromatic heterocycles. The van der Waals surface area contributed by atoms with E-state index < -0.39 is 0 Å². The van der Waals surface area contributed by atoms with Crippen LogP contribution in [0.4, 0.5) is 0 Å². The van der Waals surface area contributed by atoms with Gasteiger partial charge in [-0.3, -0.25) is 0 Å². The Balaban J connectivity index is 0. The molecule has 0 N–H and O–H groups in total. The third-order valence-corrected chi connectivity index (χ3v) is 0. The monoisotopic (exact) mass is 194 g/mol. The van der Waals surface area contributed by atoms with Crippen LogP contribution in [0.15, 0.2) is 12.7 Å². The maximum absolute atomic E-state index is 3.36. The minimum Gasteiger partial charge on any atom is -0.103 e. The van der Waals surface area contributed by atoms with Crippen LogP contribution in [0.1, 0.15) is 6.92 Å². The predicted octanol–water partition coefficient (Wildman–Crippen LogP) is 1.19. The van der Waals surface area contributed by atoms with Crippen molar-refractivity contribution in [2.75, 3.05) is 0 Å². The molecule has 4 heavy (non-hydrogen) atoms. The first-order valence-electron chi connectivity index (χ1n) is 0.986. The van der Waals surface area contributed by atoms with Crippen LogP contribution in [0, 0.1) is 40.4 Å². The molecule has 24 valence electrons. The van der Waals surface area contributed by atoms with E-state index in [1.54, 1.807) is 6.08 Å². The van der Waals surface area contributed by atoms with Crippen molar-refractivity contribution in [3.8, 4) is 0 Å². The van der Waals surface area contributed by atoms with E-state index in [0.717, 1.165) is 0 Å². The molecule has 0 heterocycles. The van der Waals surface area contributed by atoms with Crippen LogP contribution in [0.3, 0.4) is 0 Å². The van der Waals surface area contributed by atoms with E-state index in [-0.39, 0.29) is 40.4 Å². The number of hydrogen-bond donors (Lipinski definition) is 0. The van der Waals surface area contributed by atoms with Crippen LogP contribution in [0.2, 0.25) is 0 Å². The van der Waals surface area contributed by atoms with Crippen molar-refractivity contribution in [1.82, 2.24) is 0 Å². The van der Waals surface area contributed by atoms with E-state index in [4.69, 9.17) is 0 Å². The summed E-state index contributed by atoms with van der Waals surface area (Å²) in [4.78, 5) is 0. The standard InChI is InChI=1S/C3H6.Sm/c1-3-2;/h3H,1H2,2H3;. The summed E-state index contributed by atoms with van der Waals surface area (Å²) >= 11 is 0. The van der Waals surface area contributed by atoms with E-state index >= 15 is 0 Å². The van der Waals surface area contributed by atoms with Gasteiger partial charge in [0.25, 0.3) is 0 Å². The number of allylic oxidation sites excluding steroid dienone is 1. The van der Waals surface area contributed by atoms with Crippen LogP contribution in [0.25, 0.3) is 0 Å². The largest absolute Gasteiger partial charge is 0.103 e. The fourth-order valence-corrected chi connectivity index (χ4v) is 0. The maximum atomic E-state index is 3.36.